The zero-order chi connectivity index (χ0) is 13.9. The maximum Gasteiger partial charge on any atom is 0.147 e. The first-order chi connectivity index (χ1) is 9.75. The van der Waals surface area contributed by atoms with Crippen LogP contribution in [0, 0.1) is 0 Å². The Balaban J connectivity index is 1.93. The van der Waals surface area contributed by atoms with Gasteiger partial charge in [-0.3, -0.25) is 0 Å². The van der Waals surface area contributed by atoms with Gasteiger partial charge in [-0.25, -0.2) is 0 Å². The molecule has 0 saturated carbocycles. The largest absolute Gasteiger partial charge is 0.508 e. The third kappa shape index (κ3) is 2.41. The van der Waals surface area contributed by atoms with Crippen molar-refractivity contribution >= 4 is 11.3 Å². The van der Waals surface area contributed by atoms with E-state index in [9.17, 15) is 5.11 Å². The van der Waals surface area contributed by atoms with E-state index in [2.05, 4.69) is 10.2 Å². The molecule has 0 bridgehead atoms. The summed E-state index contributed by atoms with van der Waals surface area (Å²) in [6, 6.07) is 16.4. The van der Waals surface area contributed by atoms with Gasteiger partial charge < -0.3 is 10.8 Å². The molecule has 1 aromatic heterocycles. The highest BCUT2D eigenvalue weighted by Gasteiger charge is 2.17. The van der Waals surface area contributed by atoms with Gasteiger partial charge >= 0.3 is 0 Å². The molecule has 0 aliphatic carbocycles. The number of rotatable bonds is 3. The second kappa shape index (κ2) is 5.40. The first kappa shape index (κ1) is 12.8. The summed E-state index contributed by atoms with van der Waals surface area (Å²) >= 11 is 1.44. The SMILES string of the molecule is NC(c1nnc(-c2ccccc2)s1)c1ccccc1O. The number of phenols is 1. The van der Waals surface area contributed by atoms with Crippen LogP contribution < -0.4 is 5.73 Å². The Labute approximate surface area is 120 Å². The monoisotopic (exact) mass is 283 g/mol. The fourth-order valence-electron chi connectivity index (χ4n) is 1.94. The van der Waals surface area contributed by atoms with Gasteiger partial charge in [0.2, 0.25) is 0 Å². The van der Waals surface area contributed by atoms with Gasteiger partial charge in [-0.1, -0.05) is 59.9 Å². The number of hydrogen-bond donors (Lipinski definition) is 2. The molecule has 0 amide bonds. The molecule has 0 aliphatic rings. The summed E-state index contributed by atoms with van der Waals surface area (Å²) in [7, 11) is 0. The third-order valence-corrected chi connectivity index (χ3v) is 4.05. The average molecular weight is 283 g/mol. The Hall–Kier alpha value is -2.24. The van der Waals surface area contributed by atoms with Gasteiger partial charge in [-0.2, -0.15) is 0 Å². The highest BCUT2D eigenvalue weighted by Crippen LogP contribution is 2.31. The molecular formula is C15H13N3OS. The van der Waals surface area contributed by atoms with Crippen LogP contribution in [0.5, 0.6) is 5.75 Å². The molecule has 5 heteroatoms. The summed E-state index contributed by atoms with van der Waals surface area (Å²) in [5, 5.41) is 19.7. The lowest BCUT2D eigenvalue weighted by Crippen LogP contribution is -2.11. The molecule has 0 spiro atoms. The molecule has 0 radical (unpaired) electrons. The van der Waals surface area contributed by atoms with Crippen LogP contribution in [0.1, 0.15) is 16.6 Å². The number of nitrogens with two attached hydrogens (primary N) is 1. The van der Waals surface area contributed by atoms with Crippen molar-refractivity contribution < 1.29 is 5.11 Å². The minimum absolute atomic E-state index is 0.177. The quantitative estimate of drug-likeness (QED) is 0.775. The number of phenolic OH excluding ortho intramolecular Hbond substituents is 1. The molecule has 20 heavy (non-hydrogen) atoms. The number of aromatic nitrogens is 2. The van der Waals surface area contributed by atoms with Crippen LogP contribution >= 0.6 is 11.3 Å². The lowest BCUT2D eigenvalue weighted by atomic mass is 10.1. The van der Waals surface area contributed by atoms with E-state index in [1.54, 1.807) is 18.2 Å². The summed E-state index contributed by atoms with van der Waals surface area (Å²) in [5.74, 6) is 0.177. The van der Waals surface area contributed by atoms with Crippen LogP contribution in [0.15, 0.2) is 54.6 Å². The summed E-state index contributed by atoms with van der Waals surface area (Å²) in [6.45, 7) is 0. The maximum absolute atomic E-state index is 9.84. The topological polar surface area (TPSA) is 72.0 Å². The summed E-state index contributed by atoms with van der Waals surface area (Å²) in [5.41, 5.74) is 7.83. The van der Waals surface area contributed by atoms with E-state index < -0.39 is 6.04 Å². The second-order valence-electron chi connectivity index (χ2n) is 4.35. The van der Waals surface area contributed by atoms with Crippen molar-refractivity contribution in [2.75, 3.05) is 0 Å². The van der Waals surface area contributed by atoms with E-state index in [4.69, 9.17) is 5.73 Å². The van der Waals surface area contributed by atoms with Crippen molar-refractivity contribution in [2.45, 2.75) is 6.04 Å². The normalized spacial score (nSPS) is 12.2. The van der Waals surface area contributed by atoms with Gasteiger partial charge in [0.15, 0.2) is 0 Å². The maximum atomic E-state index is 9.84. The summed E-state index contributed by atoms with van der Waals surface area (Å²) < 4.78 is 0. The highest BCUT2D eigenvalue weighted by atomic mass is 32.1. The molecule has 100 valence electrons. The Morgan fingerprint density at radius 1 is 0.950 bits per heavy atom. The van der Waals surface area contributed by atoms with E-state index in [-0.39, 0.29) is 5.75 Å². The van der Waals surface area contributed by atoms with Gasteiger partial charge in [0.1, 0.15) is 15.8 Å². The van der Waals surface area contributed by atoms with Gasteiger partial charge in [0.25, 0.3) is 0 Å². The van der Waals surface area contributed by atoms with E-state index in [1.807, 2.05) is 36.4 Å². The van der Waals surface area contributed by atoms with Crippen LogP contribution in [-0.2, 0) is 0 Å². The number of hydrogen-bond acceptors (Lipinski definition) is 5. The summed E-state index contributed by atoms with van der Waals surface area (Å²) in [4.78, 5) is 0. The Morgan fingerprint density at radius 2 is 1.65 bits per heavy atom. The Bertz CT molecular complexity index is 712. The Kier molecular flexibility index (Phi) is 3.45. The van der Waals surface area contributed by atoms with Gasteiger partial charge in [-0.05, 0) is 6.07 Å². The molecule has 3 rings (SSSR count). The van der Waals surface area contributed by atoms with Crippen molar-refractivity contribution in [2.24, 2.45) is 5.73 Å². The van der Waals surface area contributed by atoms with E-state index in [0.29, 0.717) is 10.6 Å². The highest BCUT2D eigenvalue weighted by molar-refractivity contribution is 7.14. The van der Waals surface area contributed by atoms with Crippen molar-refractivity contribution in [1.82, 2.24) is 10.2 Å². The number of nitrogens with zero attached hydrogens (tertiary/aromatic N) is 2. The van der Waals surface area contributed by atoms with Crippen molar-refractivity contribution in [1.29, 1.82) is 0 Å². The van der Waals surface area contributed by atoms with Crippen LogP contribution in [0.25, 0.3) is 10.6 Å². The van der Waals surface area contributed by atoms with Crippen LogP contribution in [-0.4, -0.2) is 15.3 Å². The smallest absolute Gasteiger partial charge is 0.147 e. The zero-order valence-corrected chi connectivity index (χ0v) is 11.4. The molecular weight excluding hydrogens is 270 g/mol. The number of aromatic hydroxyl groups is 1. The van der Waals surface area contributed by atoms with Crippen LogP contribution in [0.2, 0.25) is 0 Å². The molecule has 4 nitrogen and oxygen atoms in total. The van der Waals surface area contributed by atoms with Crippen LogP contribution in [0.3, 0.4) is 0 Å². The zero-order valence-electron chi connectivity index (χ0n) is 10.6. The van der Waals surface area contributed by atoms with E-state index in [1.165, 1.54) is 11.3 Å². The molecule has 0 saturated heterocycles. The van der Waals surface area contributed by atoms with Crippen molar-refractivity contribution in [3.8, 4) is 16.3 Å². The average Bonchev–Trinajstić information content (AvgIpc) is 2.98. The fourth-order valence-corrected chi connectivity index (χ4v) is 2.81. The van der Waals surface area contributed by atoms with E-state index in [0.717, 1.165) is 10.6 Å². The van der Waals surface area contributed by atoms with E-state index >= 15 is 0 Å². The molecule has 1 heterocycles. The van der Waals surface area contributed by atoms with Gasteiger partial charge in [0.05, 0.1) is 6.04 Å². The molecule has 1 atom stereocenters. The standard InChI is InChI=1S/C15H13N3OS/c16-13(11-8-4-5-9-12(11)19)15-18-17-14(20-15)10-6-2-1-3-7-10/h1-9,13,19H,16H2. The molecule has 0 fully saturated rings. The van der Waals surface area contributed by atoms with Crippen molar-refractivity contribution in [3.05, 3.63) is 65.2 Å². The van der Waals surface area contributed by atoms with Crippen molar-refractivity contribution in [3.63, 3.8) is 0 Å². The molecule has 2 aromatic carbocycles. The first-order valence-corrected chi connectivity index (χ1v) is 6.99. The first-order valence-electron chi connectivity index (χ1n) is 6.18. The Morgan fingerprint density at radius 3 is 2.40 bits per heavy atom. The third-order valence-electron chi connectivity index (χ3n) is 3.00. The molecule has 3 aromatic rings. The number of benzene rings is 2. The minimum Gasteiger partial charge on any atom is -0.508 e. The minimum atomic E-state index is -0.467. The molecule has 3 N–H and O–H groups in total. The lowest BCUT2D eigenvalue weighted by molar-refractivity contribution is 0.465. The van der Waals surface area contributed by atoms with Crippen LogP contribution in [0.4, 0.5) is 0 Å². The second-order valence-corrected chi connectivity index (χ2v) is 5.36. The fraction of sp³-hybridized carbons (Fsp3) is 0.0667. The van der Waals surface area contributed by atoms with Gasteiger partial charge in [0, 0.05) is 11.1 Å². The lowest BCUT2D eigenvalue weighted by Gasteiger charge is -2.09. The molecule has 1 unspecified atom stereocenters. The summed E-state index contributed by atoms with van der Waals surface area (Å²) in [6.07, 6.45) is 0. The number of para-hydroxylation sites is 1. The predicted molar refractivity (Wildman–Crippen MR) is 79.5 cm³/mol. The van der Waals surface area contributed by atoms with Gasteiger partial charge in [-0.15, -0.1) is 10.2 Å². The predicted octanol–water partition coefficient (Wildman–Crippen LogP) is 2.96. The molecule has 0 aliphatic heterocycles.